The molecule has 0 aliphatic carbocycles. The van der Waals surface area contributed by atoms with Gasteiger partial charge in [-0.2, -0.15) is 0 Å². The minimum Gasteiger partial charge on any atom is -0.467 e. The van der Waals surface area contributed by atoms with Crippen molar-refractivity contribution in [1.29, 1.82) is 0 Å². The number of methoxy groups -OCH3 is 2. The molecule has 0 saturated carbocycles. The SMILES string of the molecule is COC(=O)[C@@H](OC)[C@H](O)c1ccc([N+](=O)[O-])cc1. The molecule has 0 bridgehead atoms. The zero-order chi connectivity index (χ0) is 13.7. The fraction of sp³-hybridized carbons (Fsp3) is 0.364. The molecule has 0 fully saturated rings. The third-order valence-electron chi connectivity index (χ3n) is 2.42. The molecule has 0 spiro atoms. The summed E-state index contributed by atoms with van der Waals surface area (Å²) in [7, 11) is 2.44. The van der Waals surface area contributed by atoms with Crippen LogP contribution in [0.2, 0.25) is 0 Å². The van der Waals surface area contributed by atoms with Gasteiger partial charge in [0, 0.05) is 19.2 Å². The first-order valence-corrected chi connectivity index (χ1v) is 5.04. The molecule has 1 rings (SSSR count). The van der Waals surface area contributed by atoms with Crippen molar-refractivity contribution in [1.82, 2.24) is 0 Å². The summed E-state index contributed by atoms with van der Waals surface area (Å²) in [6, 6.07) is 5.20. The Kier molecular flexibility index (Phi) is 4.75. The summed E-state index contributed by atoms with van der Waals surface area (Å²) in [4.78, 5) is 21.2. The number of nitro benzene ring substituents is 1. The monoisotopic (exact) mass is 255 g/mol. The molecule has 7 heteroatoms. The van der Waals surface area contributed by atoms with Gasteiger partial charge in [-0.3, -0.25) is 10.1 Å². The van der Waals surface area contributed by atoms with Gasteiger partial charge in [0.1, 0.15) is 6.10 Å². The number of nitro groups is 1. The summed E-state index contributed by atoms with van der Waals surface area (Å²) in [5, 5.41) is 20.4. The third kappa shape index (κ3) is 3.02. The van der Waals surface area contributed by atoms with E-state index in [-0.39, 0.29) is 5.69 Å². The largest absolute Gasteiger partial charge is 0.467 e. The van der Waals surface area contributed by atoms with Crippen LogP contribution in [0.4, 0.5) is 5.69 Å². The highest BCUT2D eigenvalue weighted by Crippen LogP contribution is 2.22. The lowest BCUT2D eigenvalue weighted by Crippen LogP contribution is -2.31. The number of non-ortho nitro benzene ring substituents is 1. The molecule has 1 aromatic carbocycles. The average Bonchev–Trinajstić information content (AvgIpc) is 2.39. The summed E-state index contributed by atoms with van der Waals surface area (Å²) in [6.45, 7) is 0. The maximum atomic E-state index is 11.3. The first-order valence-electron chi connectivity index (χ1n) is 5.04. The van der Waals surface area contributed by atoms with Crippen LogP contribution in [0.1, 0.15) is 11.7 Å². The Hall–Kier alpha value is -1.99. The van der Waals surface area contributed by atoms with Gasteiger partial charge in [0.25, 0.3) is 5.69 Å². The minimum absolute atomic E-state index is 0.0991. The van der Waals surface area contributed by atoms with Crippen molar-refractivity contribution in [3.8, 4) is 0 Å². The predicted octanol–water partition coefficient (Wildman–Crippen LogP) is 0.816. The van der Waals surface area contributed by atoms with Crippen LogP contribution in [-0.2, 0) is 14.3 Å². The van der Waals surface area contributed by atoms with E-state index in [1.807, 2.05) is 0 Å². The molecule has 0 heterocycles. The standard InChI is InChI=1S/C11H13NO6/c1-17-10(11(14)18-2)9(13)7-3-5-8(6-4-7)12(15)16/h3-6,9-10,13H,1-2H3/t9-,10+/m1/s1. The van der Waals surface area contributed by atoms with E-state index in [1.54, 1.807) is 0 Å². The van der Waals surface area contributed by atoms with Crippen LogP contribution in [-0.4, -0.2) is 36.3 Å². The second kappa shape index (κ2) is 6.08. The molecule has 0 unspecified atom stereocenters. The van der Waals surface area contributed by atoms with Gasteiger partial charge in [0.05, 0.1) is 12.0 Å². The summed E-state index contributed by atoms with van der Waals surface area (Å²) >= 11 is 0. The van der Waals surface area contributed by atoms with Crippen LogP contribution in [0.25, 0.3) is 0 Å². The molecule has 18 heavy (non-hydrogen) atoms. The molecule has 7 nitrogen and oxygen atoms in total. The van der Waals surface area contributed by atoms with E-state index in [4.69, 9.17) is 4.74 Å². The van der Waals surface area contributed by atoms with Gasteiger partial charge in [0.15, 0.2) is 6.10 Å². The molecular weight excluding hydrogens is 242 g/mol. The molecule has 98 valence electrons. The zero-order valence-electron chi connectivity index (χ0n) is 9.90. The zero-order valence-corrected chi connectivity index (χ0v) is 9.90. The molecule has 1 aromatic rings. The molecule has 0 radical (unpaired) electrons. The van der Waals surface area contributed by atoms with E-state index < -0.39 is 23.1 Å². The number of rotatable bonds is 5. The number of esters is 1. The van der Waals surface area contributed by atoms with Crippen LogP contribution in [0.5, 0.6) is 0 Å². The number of hydrogen-bond donors (Lipinski definition) is 1. The topological polar surface area (TPSA) is 98.9 Å². The predicted molar refractivity (Wildman–Crippen MR) is 60.9 cm³/mol. The molecular formula is C11H13NO6. The number of nitrogens with zero attached hydrogens (tertiary/aromatic N) is 1. The van der Waals surface area contributed by atoms with Gasteiger partial charge >= 0.3 is 5.97 Å². The molecule has 0 aromatic heterocycles. The van der Waals surface area contributed by atoms with Gasteiger partial charge in [-0.15, -0.1) is 0 Å². The lowest BCUT2D eigenvalue weighted by atomic mass is 10.0. The van der Waals surface area contributed by atoms with Gasteiger partial charge in [-0.1, -0.05) is 0 Å². The van der Waals surface area contributed by atoms with Crippen LogP contribution < -0.4 is 0 Å². The molecule has 1 N–H and O–H groups in total. The van der Waals surface area contributed by atoms with E-state index in [1.165, 1.54) is 38.5 Å². The number of ether oxygens (including phenoxy) is 2. The van der Waals surface area contributed by atoms with Crippen molar-refractivity contribution < 1.29 is 24.3 Å². The van der Waals surface area contributed by atoms with E-state index in [0.717, 1.165) is 0 Å². The Morgan fingerprint density at radius 2 is 1.89 bits per heavy atom. The quantitative estimate of drug-likeness (QED) is 0.475. The summed E-state index contributed by atoms with van der Waals surface area (Å²) in [5.74, 6) is -0.719. The molecule has 0 aliphatic heterocycles. The van der Waals surface area contributed by atoms with Crippen molar-refractivity contribution in [2.24, 2.45) is 0 Å². The number of carbonyl (C=O) groups excluding carboxylic acids is 1. The minimum atomic E-state index is -1.25. The van der Waals surface area contributed by atoms with Crippen molar-refractivity contribution >= 4 is 11.7 Å². The molecule has 0 aliphatic rings. The van der Waals surface area contributed by atoms with Gasteiger partial charge in [0.2, 0.25) is 0 Å². The van der Waals surface area contributed by atoms with Crippen molar-refractivity contribution in [2.45, 2.75) is 12.2 Å². The number of aliphatic hydroxyl groups excluding tert-OH is 1. The summed E-state index contributed by atoms with van der Waals surface area (Å²) in [5.41, 5.74) is 0.232. The van der Waals surface area contributed by atoms with Gasteiger partial charge in [-0.05, 0) is 17.7 Å². The second-order valence-corrected chi connectivity index (χ2v) is 3.47. The van der Waals surface area contributed by atoms with E-state index in [2.05, 4.69) is 4.74 Å². The highest BCUT2D eigenvalue weighted by atomic mass is 16.6. The first-order chi connectivity index (χ1) is 8.51. The maximum absolute atomic E-state index is 11.3. The van der Waals surface area contributed by atoms with Crippen LogP contribution in [0.3, 0.4) is 0 Å². The van der Waals surface area contributed by atoms with E-state index >= 15 is 0 Å². The lowest BCUT2D eigenvalue weighted by Gasteiger charge is -2.19. The van der Waals surface area contributed by atoms with Crippen molar-refractivity contribution in [3.63, 3.8) is 0 Å². The Balaban J connectivity index is 2.91. The van der Waals surface area contributed by atoms with E-state index in [9.17, 15) is 20.0 Å². The Morgan fingerprint density at radius 1 is 1.33 bits per heavy atom. The first kappa shape index (κ1) is 14.1. The maximum Gasteiger partial charge on any atom is 0.338 e. The Bertz CT molecular complexity index is 430. The van der Waals surface area contributed by atoms with Crippen molar-refractivity contribution in [2.75, 3.05) is 14.2 Å². The number of hydrogen-bond acceptors (Lipinski definition) is 6. The van der Waals surface area contributed by atoms with Crippen LogP contribution >= 0.6 is 0 Å². The molecule has 0 saturated heterocycles. The third-order valence-corrected chi connectivity index (χ3v) is 2.42. The average molecular weight is 255 g/mol. The van der Waals surface area contributed by atoms with Gasteiger partial charge in [-0.25, -0.2) is 4.79 Å². The fourth-order valence-electron chi connectivity index (χ4n) is 1.44. The van der Waals surface area contributed by atoms with E-state index in [0.29, 0.717) is 5.56 Å². The fourth-order valence-corrected chi connectivity index (χ4v) is 1.44. The smallest absolute Gasteiger partial charge is 0.338 e. The van der Waals surface area contributed by atoms with Gasteiger partial charge < -0.3 is 14.6 Å². The Morgan fingerprint density at radius 3 is 2.28 bits per heavy atom. The molecule has 0 amide bonds. The number of carbonyl (C=O) groups is 1. The Labute approximate surface area is 103 Å². The summed E-state index contributed by atoms with van der Waals surface area (Å²) < 4.78 is 9.31. The molecule has 2 atom stereocenters. The number of aliphatic hydroxyl groups is 1. The van der Waals surface area contributed by atoms with Crippen molar-refractivity contribution in [3.05, 3.63) is 39.9 Å². The highest BCUT2D eigenvalue weighted by molar-refractivity contribution is 5.75. The highest BCUT2D eigenvalue weighted by Gasteiger charge is 2.29. The lowest BCUT2D eigenvalue weighted by molar-refractivity contribution is -0.384. The number of benzene rings is 1. The summed E-state index contributed by atoms with van der Waals surface area (Å²) in [6.07, 6.45) is -2.42. The second-order valence-electron chi connectivity index (χ2n) is 3.47. The van der Waals surface area contributed by atoms with Crippen LogP contribution in [0, 0.1) is 10.1 Å². The normalized spacial score (nSPS) is 13.7. The van der Waals surface area contributed by atoms with Crippen LogP contribution in [0.15, 0.2) is 24.3 Å².